The molecule has 0 aliphatic carbocycles. The molecular weight excluding hydrogens is 426 g/mol. The van der Waals surface area contributed by atoms with E-state index in [0.29, 0.717) is 48.3 Å². The van der Waals surface area contributed by atoms with E-state index in [1.54, 1.807) is 13.0 Å². The normalized spacial score (nSPS) is 15.4. The van der Waals surface area contributed by atoms with E-state index in [2.05, 4.69) is 10.3 Å². The minimum atomic E-state index is -3.70. The van der Waals surface area contributed by atoms with Crippen LogP contribution in [0, 0.1) is 6.92 Å². The van der Waals surface area contributed by atoms with Crippen molar-refractivity contribution in [2.24, 2.45) is 0 Å². The number of nitrogens with one attached hydrogen (secondary N) is 1. The Morgan fingerprint density at radius 3 is 2.63 bits per heavy atom. The number of hydrogen-bond donors (Lipinski definition) is 1. The molecule has 1 aliphatic rings. The van der Waals surface area contributed by atoms with E-state index in [-0.39, 0.29) is 16.9 Å². The Bertz CT molecular complexity index is 1010. The molecule has 1 amide bonds. The number of thiazole rings is 1. The SMILES string of the molecule is CCc1nc(C)c(C(=O)Nc2cc(S(=O)(=O)N3CCOCC3)ccc2OC(C)C)s1. The standard InChI is InChI=1S/C20H27N3O5S2/c1-5-18-21-14(4)19(29-18)20(24)22-16-12-15(6-7-17(16)28-13(2)3)30(25,26)23-8-10-27-11-9-23/h6-7,12-13H,5,8-11H2,1-4H3,(H,22,24). The zero-order chi connectivity index (χ0) is 21.9. The van der Waals surface area contributed by atoms with E-state index in [1.807, 2.05) is 20.8 Å². The van der Waals surface area contributed by atoms with Gasteiger partial charge in [-0.05, 0) is 45.4 Å². The van der Waals surface area contributed by atoms with Gasteiger partial charge in [-0.1, -0.05) is 6.92 Å². The van der Waals surface area contributed by atoms with E-state index in [0.717, 1.165) is 11.4 Å². The number of carbonyl (C=O) groups excluding carboxylic acids is 1. The molecule has 1 aromatic heterocycles. The van der Waals surface area contributed by atoms with E-state index < -0.39 is 10.0 Å². The Hall–Kier alpha value is -2.01. The molecule has 0 saturated carbocycles. The van der Waals surface area contributed by atoms with Crippen LogP contribution in [0.5, 0.6) is 5.75 Å². The number of morpholine rings is 1. The minimum absolute atomic E-state index is 0.103. The molecule has 1 fully saturated rings. The Kier molecular flexibility index (Phi) is 7.12. The van der Waals surface area contributed by atoms with Gasteiger partial charge in [0.1, 0.15) is 10.6 Å². The number of sulfonamides is 1. The van der Waals surface area contributed by atoms with Crippen LogP contribution in [0.1, 0.15) is 41.1 Å². The number of rotatable bonds is 7. The molecule has 1 N–H and O–H groups in total. The second-order valence-corrected chi connectivity index (χ2v) is 10.2. The molecule has 1 aliphatic heterocycles. The smallest absolute Gasteiger partial charge is 0.267 e. The highest BCUT2D eigenvalue weighted by atomic mass is 32.2. The first-order valence-electron chi connectivity index (χ1n) is 9.88. The first-order valence-corrected chi connectivity index (χ1v) is 12.1. The van der Waals surface area contributed by atoms with Crippen LogP contribution in [-0.2, 0) is 21.2 Å². The fourth-order valence-corrected chi connectivity index (χ4v) is 5.39. The van der Waals surface area contributed by atoms with Crippen molar-refractivity contribution in [3.8, 4) is 5.75 Å². The van der Waals surface area contributed by atoms with Gasteiger partial charge in [0.25, 0.3) is 5.91 Å². The van der Waals surface area contributed by atoms with Crippen LogP contribution in [0.4, 0.5) is 5.69 Å². The lowest BCUT2D eigenvalue weighted by Gasteiger charge is -2.26. The number of anilines is 1. The van der Waals surface area contributed by atoms with Crippen LogP contribution in [0.15, 0.2) is 23.1 Å². The minimum Gasteiger partial charge on any atom is -0.489 e. The second kappa shape index (κ2) is 9.42. The number of aryl methyl sites for hydroxylation is 2. The quantitative estimate of drug-likeness (QED) is 0.692. The van der Waals surface area contributed by atoms with Crippen LogP contribution in [0.25, 0.3) is 0 Å². The monoisotopic (exact) mass is 453 g/mol. The zero-order valence-electron chi connectivity index (χ0n) is 17.6. The van der Waals surface area contributed by atoms with Crippen LogP contribution in [-0.4, -0.2) is 56.0 Å². The summed E-state index contributed by atoms with van der Waals surface area (Å²) in [7, 11) is -3.70. The van der Waals surface area contributed by atoms with E-state index in [4.69, 9.17) is 9.47 Å². The largest absolute Gasteiger partial charge is 0.489 e. The molecule has 0 bridgehead atoms. The number of ether oxygens (including phenoxy) is 2. The summed E-state index contributed by atoms with van der Waals surface area (Å²) in [5.74, 6) is 0.0800. The van der Waals surface area contributed by atoms with Gasteiger partial charge in [-0.3, -0.25) is 4.79 Å². The van der Waals surface area contributed by atoms with Crippen molar-refractivity contribution in [3.63, 3.8) is 0 Å². The molecule has 0 atom stereocenters. The van der Waals surface area contributed by atoms with Crippen LogP contribution in [0.3, 0.4) is 0 Å². The molecule has 2 aromatic rings. The maximum Gasteiger partial charge on any atom is 0.267 e. The van der Waals surface area contributed by atoms with Gasteiger partial charge < -0.3 is 14.8 Å². The Morgan fingerprint density at radius 2 is 2.03 bits per heavy atom. The average molecular weight is 454 g/mol. The first kappa shape index (κ1) is 22.7. The molecule has 0 spiro atoms. The summed E-state index contributed by atoms with van der Waals surface area (Å²) in [6.45, 7) is 8.82. The fraction of sp³-hybridized carbons (Fsp3) is 0.500. The van der Waals surface area contributed by atoms with Crippen molar-refractivity contribution in [2.75, 3.05) is 31.6 Å². The number of benzene rings is 1. The highest BCUT2D eigenvalue weighted by Crippen LogP contribution is 2.31. The summed E-state index contributed by atoms with van der Waals surface area (Å²) in [5.41, 5.74) is 0.964. The Balaban J connectivity index is 1.94. The molecule has 2 heterocycles. The molecule has 8 nitrogen and oxygen atoms in total. The van der Waals surface area contributed by atoms with E-state index in [1.165, 1.54) is 27.8 Å². The van der Waals surface area contributed by atoms with Crippen molar-refractivity contribution < 1.29 is 22.7 Å². The Morgan fingerprint density at radius 1 is 1.33 bits per heavy atom. The topological polar surface area (TPSA) is 97.8 Å². The molecule has 1 aromatic carbocycles. The third-order valence-corrected chi connectivity index (χ3v) is 7.71. The number of carbonyl (C=O) groups is 1. The van der Waals surface area contributed by atoms with Crippen molar-refractivity contribution in [2.45, 2.75) is 45.1 Å². The lowest BCUT2D eigenvalue weighted by molar-refractivity contribution is 0.0730. The highest BCUT2D eigenvalue weighted by molar-refractivity contribution is 7.89. The number of hydrogen-bond acceptors (Lipinski definition) is 7. The van der Waals surface area contributed by atoms with Gasteiger partial charge in [-0.15, -0.1) is 11.3 Å². The summed E-state index contributed by atoms with van der Waals surface area (Å²) in [4.78, 5) is 17.9. The maximum absolute atomic E-state index is 13.0. The molecule has 0 unspecified atom stereocenters. The predicted molar refractivity (Wildman–Crippen MR) is 116 cm³/mol. The molecule has 10 heteroatoms. The van der Waals surface area contributed by atoms with Gasteiger partial charge >= 0.3 is 0 Å². The molecule has 30 heavy (non-hydrogen) atoms. The van der Waals surface area contributed by atoms with Crippen LogP contribution in [0.2, 0.25) is 0 Å². The number of nitrogens with zero attached hydrogens (tertiary/aromatic N) is 2. The lowest BCUT2D eigenvalue weighted by Crippen LogP contribution is -2.40. The van der Waals surface area contributed by atoms with Gasteiger partial charge in [-0.2, -0.15) is 4.31 Å². The van der Waals surface area contributed by atoms with Crippen molar-refractivity contribution in [1.29, 1.82) is 0 Å². The Labute approximate surface area is 181 Å². The molecule has 0 radical (unpaired) electrons. The lowest BCUT2D eigenvalue weighted by atomic mass is 10.2. The van der Waals surface area contributed by atoms with Gasteiger partial charge in [0.05, 0.1) is 40.6 Å². The third-order valence-electron chi connectivity index (χ3n) is 4.52. The summed E-state index contributed by atoms with van der Waals surface area (Å²) in [6.07, 6.45) is 0.604. The summed E-state index contributed by atoms with van der Waals surface area (Å²) in [6, 6.07) is 4.54. The van der Waals surface area contributed by atoms with Crippen molar-refractivity contribution in [1.82, 2.24) is 9.29 Å². The predicted octanol–water partition coefficient (Wildman–Crippen LogP) is 3.07. The summed E-state index contributed by atoms with van der Waals surface area (Å²) in [5, 5.41) is 3.70. The highest BCUT2D eigenvalue weighted by Gasteiger charge is 2.28. The zero-order valence-corrected chi connectivity index (χ0v) is 19.2. The van der Waals surface area contributed by atoms with E-state index >= 15 is 0 Å². The molecule has 164 valence electrons. The number of aromatic nitrogens is 1. The van der Waals surface area contributed by atoms with Gasteiger partial charge in [0.2, 0.25) is 10.0 Å². The van der Waals surface area contributed by atoms with Crippen LogP contribution >= 0.6 is 11.3 Å². The molecular formula is C20H27N3O5S2. The summed E-state index contributed by atoms with van der Waals surface area (Å²) < 4.78 is 38.5. The summed E-state index contributed by atoms with van der Waals surface area (Å²) >= 11 is 1.33. The number of amides is 1. The van der Waals surface area contributed by atoms with Crippen LogP contribution < -0.4 is 10.1 Å². The van der Waals surface area contributed by atoms with E-state index in [9.17, 15) is 13.2 Å². The maximum atomic E-state index is 13.0. The first-order chi connectivity index (χ1) is 14.2. The van der Waals surface area contributed by atoms with Crippen molar-refractivity contribution >= 4 is 33.0 Å². The third kappa shape index (κ3) is 5.00. The average Bonchev–Trinajstić information content (AvgIpc) is 3.10. The van der Waals surface area contributed by atoms with Crippen molar-refractivity contribution in [3.05, 3.63) is 33.8 Å². The molecule has 3 rings (SSSR count). The van der Waals surface area contributed by atoms with Gasteiger partial charge in [0.15, 0.2) is 0 Å². The van der Waals surface area contributed by atoms with Gasteiger partial charge in [0, 0.05) is 13.1 Å². The van der Waals surface area contributed by atoms with Gasteiger partial charge in [-0.25, -0.2) is 13.4 Å². The molecule has 1 saturated heterocycles. The second-order valence-electron chi connectivity index (χ2n) is 7.17. The fourth-order valence-electron chi connectivity index (χ4n) is 3.05.